The number of rotatable bonds is 4. The molecule has 0 spiro atoms. The second-order valence-electron chi connectivity index (χ2n) is 7.61. The highest BCUT2D eigenvalue weighted by Crippen LogP contribution is 2.36. The number of piperidine rings is 1. The van der Waals surface area contributed by atoms with Gasteiger partial charge < -0.3 is 14.0 Å². The normalized spacial score (nSPS) is 17.2. The number of fused-ring (bicyclic) bond motifs is 1. The van der Waals surface area contributed by atoms with Crippen molar-refractivity contribution >= 4 is 10.0 Å². The minimum Gasteiger partial charge on any atom is -0.454 e. The molecular weight excluding hydrogens is 425 g/mol. The highest BCUT2D eigenvalue weighted by atomic mass is 32.2. The van der Waals surface area contributed by atoms with Gasteiger partial charge in [0, 0.05) is 24.6 Å². The zero-order valence-electron chi connectivity index (χ0n) is 16.7. The van der Waals surface area contributed by atoms with Gasteiger partial charge in [-0.3, -0.25) is 0 Å². The van der Waals surface area contributed by atoms with E-state index in [-0.39, 0.29) is 17.6 Å². The summed E-state index contributed by atoms with van der Waals surface area (Å²) in [7, 11) is -3.76. The van der Waals surface area contributed by atoms with Gasteiger partial charge in [-0.25, -0.2) is 12.8 Å². The number of hydrogen-bond donors (Lipinski definition) is 0. The Morgan fingerprint density at radius 3 is 2.65 bits per heavy atom. The lowest BCUT2D eigenvalue weighted by Gasteiger charge is -2.30. The van der Waals surface area contributed by atoms with Gasteiger partial charge in [0.25, 0.3) is 0 Å². The average Bonchev–Trinajstić information content (AvgIpc) is 3.44. The molecule has 3 heterocycles. The van der Waals surface area contributed by atoms with E-state index in [0.29, 0.717) is 54.7 Å². The zero-order valence-corrected chi connectivity index (χ0v) is 17.6. The van der Waals surface area contributed by atoms with Gasteiger partial charge in [0.15, 0.2) is 11.5 Å². The largest absolute Gasteiger partial charge is 0.454 e. The molecule has 2 aliphatic rings. The second kappa shape index (κ2) is 7.61. The molecule has 5 rings (SSSR count). The van der Waals surface area contributed by atoms with Crippen LogP contribution in [0.3, 0.4) is 0 Å². The van der Waals surface area contributed by atoms with Crippen molar-refractivity contribution in [3.8, 4) is 22.9 Å². The predicted molar refractivity (Wildman–Crippen MR) is 108 cm³/mol. The number of aromatic nitrogens is 2. The van der Waals surface area contributed by atoms with Gasteiger partial charge in [-0.1, -0.05) is 11.2 Å². The fraction of sp³-hybridized carbons (Fsp3) is 0.333. The first-order chi connectivity index (χ1) is 14.9. The lowest BCUT2D eigenvalue weighted by Crippen LogP contribution is -2.38. The molecule has 1 aromatic heterocycles. The maximum Gasteiger partial charge on any atom is 0.243 e. The summed E-state index contributed by atoms with van der Waals surface area (Å²) in [5.41, 5.74) is 1.27. The van der Waals surface area contributed by atoms with Crippen LogP contribution in [0.25, 0.3) is 11.4 Å². The second-order valence-corrected chi connectivity index (χ2v) is 9.52. The molecule has 0 amide bonds. The van der Waals surface area contributed by atoms with Crippen LogP contribution in [0.4, 0.5) is 4.39 Å². The van der Waals surface area contributed by atoms with Crippen LogP contribution in [0.15, 0.2) is 45.8 Å². The topological polar surface area (TPSA) is 94.8 Å². The van der Waals surface area contributed by atoms with Crippen molar-refractivity contribution in [3.05, 3.63) is 53.7 Å². The van der Waals surface area contributed by atoms with E-state index in [9.17, 15) is 12.8 Å². The molecule has 2 aromatic carbocycles. The molecule has 0 radical (unpaired) electrons. The van der Waals surface area contributed by atoms with E-state index in [0.717, 1.165) is 11.6 Å². The molecule has 8 nitrogen and oxygen atoms in total. The Morgan fingerprint density at radius 1 is 1.06 bits per heavy atom. The van der Waals surface area contributed by atoms with Crippen molar-refractivity contribution in [2.45, 2.75) is 30.6 Å². The third kappa shape index (κ3) is 3.66. The molecule has 0 unspecified atom stereocenters. The minimum absolute atomic E-state index is 0.00818. The maximum absolute atomic E-state index is 13.6. The molecule has 1 saturated heterocycles. The third-order valence-electron chi connectivity index (χ3n) is 5.64. The van der Waals surface area contributed by atoms with E-state index in [1.165, 1.54) is 16.4 Å². The molecule has 0 N–H and O–H groups in total. The summed E-state index contributed by atoms with van der Waals surface area (Å²) in [6.07, 6.45) is 1.08. The number of hydrogen-bond acceptors (Lipinski definition) is 7. The van der Waals surface area contributed by atoms with Gasteiger partial charge in [-0.05, 0) is 55.7 Å². The summed E-state index contributed by atoms with van der Waals surface area (Å²) in [5, 5.41) is 4.07. The van der Waals surface area contributed by atoms with Crippen LogP contribution in [0, 0.1) is 12.7 Å². The van der Waals surface area contributed by atoms with Crippen LogP contribution in [0.1, 0.15) is 30.2 Å². The van der Waals surface area contributed by atoms with Crippen LogP contribution in [0.2, 0.25) is 0 Å². The fourth-order valence-electron chi connectivity index (χ4n) is 3.89. The molecular formula is C21H20FN3O5S. The Labute approximate surface area is 178 Å². The number of nitrogens with zero attached hydrogens (tertiary/aromatic N) is 3. The van der Waals surface area contributed by atoms with Gasteiger partial charge in [-0.2, -0.15) is 9.29 Å². The molecule has 3 aromatic rings. The van der Waals surface area contributed by atoms with Gasteiger partial charge in [-0.15, -0.1) is 0 Å². The summed E-state index contributed by atoms with van der Waals surface area (Å²) in [6, 6.07) is 9.24. The molecule has 0 atom stereocenters. The van der Waals surface area contributed by atoms with Gasteiger partial charge in [0.1, 0.15) is 5.82 Å². The first kappa shape index (κ1) is 20.0. The number of benzene rings is 2. The third-order valence-corrected chi connectivity index (χ3v) is 7.68. The molecule has 10 heteroatoms. The summed E-state index contributed by atoms with van der Waals surface area (Å²) in [4.78, 5) is 4.52. The number of sulfonamides is 1. The van der Waals surface area contributed by atoms with E-state index < -0.39 is 15.8 Å². The van der Waals surface area contributed by atoms with E-state index in [2.05, 4.69) is 10.1 Å². The summed E-state index contributed by atoms with van der Waals surface area (Å²) in [5.74, 6) is 1.62. The van der Waals surface area contributed by atoms with Crippen LogP contribution in [0.5, 0.6) is 11.5 Å². The smallest absolute Gasteiger partial charge is 0.243 e. The molecule has 162 valence electrons. The fourth-order valence-corrected chi connectivity index (χ4v) is 5.59. The first-order valence-electron chi connectivity index (χ1n) is 9.92. The minimum atomic E-state index is -3.76. The highest BCUT2D eigenvalue weighted by Gasteiger charge is 2.33. The van der Waals surface area contributed by atoms with E-state index >= 15 is 0 Å². The maximum atomic E-state index is 13.6. The van der Waals surface area contributed by atoms with Gasteiger partial charge in [0.2, 0.25) is 28.5 Å². The number of ether oxygens (including phenoxy) is 2. The molecule has 2 aliphatic heterocycles. The van der Waals surface area contributed by atoms with Crippen molar-refractivity contribution in [2.24, 2.45) is 0 Å². The van der Waals surface area contributed by atoms with E-state index in [1.54, 1.807) is 19.1 Å². The van der Waals surface area contributed by atoms with Crippen molar-refractivity contribution in [1.29, 1.82) is 0 Å². The molecule has 0 aliphatic carbocycles. The van der Waals surface area contributed by atoms with Crippen LogP contribution in [-0.2, 0) is 10.0 Å². The van der Waals surface area contributed by atoms with E-state index in [4.69, 9.17) is 14.0 Å². The van der Waals surface area contributed by atoms with E-state index in [1.807, 2.05) is 6.07 Å². The number of halogens is 1. The standard InChI is InChI=1S/C21H20FN3O5S/c1-13-2-4-16(22)11-19(13)31(26,27)25-8-6-14(7-9-25)21-23-20(24-30-21)15-3-5-17-18(10-15)29-12-28-17/h2-5,10-11,14H,6-9,12H2,1H3. The summed E-state index contributed by atoms with van der Waals surface area (Å²) >= 11 is 0. The Hall–Kier alpha value is -2.98. The Balaban J connectivity index is 1.30. The Kier molecular flexibility index (Phi) is 4.90. The molecule has 0 saturated carbocycles. The predicted octanol–water partition coefficient (Wildman–Crippen LogP) is 3.48. The summed E-state index contributed by atoms with van der Waals surface area (Å²) < 4.78 is 57.1. The van der Waals surface area contributed by atoms with Crippen molar-refractivity contribution in [3.63, 3.8) is 0 Å². The molecule has 1 fully saturated rings. The van der Waals surface area contributed by atoms with Crippen LogP contribution < -0.4 is 9.47 Å². The average molecular weight is 445 g/mol. The lowest BCUT2D eigenvalue weighted by atomic mass is 9.98. The Bertz CT molecular complexity index is 1240. The van der Waals surface area contributed by atoms with Gasteiger partial charge in [0.05, 0.1) is 4.90 Å². The SMILES string of the molecule is Cc1ccc(F)cc1S(=O)(=O)N1CCC(c2nc(-c3ccc4c(c3)OCO4)no2)CC1. The summed E-state index contributed by atoms with van der Waals surface area (Å²) in [6.45, 7) is 2.44. The monoisotopic (exact) mass is 445 g/mol. The Morgan fingerprint density at radius 2 is 1.84 bits per heavy atom. The first-order valence-corrected chi connectivity index (χ1v) is 11.4. The van der Waals surface area contributed by atoms with Crippen LogP contribution in [-0.4, -0.2) is 42.7 Å². The molecule has 31 heavy (non-hydrogen) atoms. The van der Waals surface area contributed by atoms with Crippen molar-refractivity contribution in [2.75, 3.05) is 19.9 Å². The van der Waals surface area contributed by atoms with Crippen molar-refractivity contribution in [1.82, 2.24) is 14.4 Å². The number of aryl methyl sites for hydroxylation is 1. The van der Waals surface area contributed by atoms with Crippen LogP contribution >= 0.6 is 0 Å². The highest BCUT2D eigenvalue weighted by molar-refractivity contribution is 7.89. The quantitative estimate of drug-likeness (QED) is 0.607. The zero-order chi connectivity index (χ0) is 21.6. The molecule has 0 bridgehead atoms. The van der Waals surface area contributed by atoms with Gasteiger partial charge >= 0.3 is 0 Å². The lowest BCUT2D eigenvalue weighted by molar-refractivity contribution is 0.174. The van der Waals surface area contributed by atoms with Crippen molar-refractivity contribution < 1.29 is 26.8 Å².